The molecule has 28 nitrogen and oxygen atoms in total. The molecule has 0 saturated carbocycles. The van der Waals surface area contributed by atoms with E-state index in [2.05, 4.69) is 42.5 Å². The first-order chi connectivity index (χ1) is 36.8. The van der Waals surface area contributed by atoms with Crippen molar-refractivity contribution in [1.82, 2.24) is 47.4 Å². The summed E-state index contributed by atoms with van der Waals surface area (Å²) < 4.78 is 0. The fourth-order valence-corrected chi connectivity index (χ4v) is 8.49. The van der Waals surface area contributed by atoms with Gasteiger partial charge in [-0.15, -0.1) is 0 Å². The quantitative estimate of drug-likeness (QED) is 0.0299. The van der Waals surface area contributed by atoms with Crippen molar-refractivity contribution in [3.05, 3.63) is 0 Å². The topological polar surface area (TPSA) is 460 Å². The molecule has 0 aromatic carbocycles. The van der Waals surface area contributed by atoms with Crippen LogP contribution in [0.15, 0.2) is 0 Å². The third-order valence-corrected chi connectivity index (χ3v) is 13.5. The van der Waals surface area contributed by atoms with Crippen molar-refractivity contribution in [2.75, 3.05) is 13.2 Å². The van der Waals surface area contributed by atoms with Gasteiger partial charge < -0.3 is 80.0 Å². The molecule has 1 aliphatic heterocycles. The van der Waals surface area contributed by atoms with E-state index in [1.807, 2.05) is 0 Å². The maximum absolute atomic E-state index is 14.3. The van der Waals surface area contributed by atoms with Crippen LogP contribution in [0.4, 0.5) is 0 Å². The number of carboxylic acid groups (broad SMARTS) is 2. The number of rotatable bonds is 36. The Morgan fingerprint density at radius 3 is 1.39 bits per heavy atom. The molecular formula is C51H88N12O16. The molecule has 1 fully saturated rings. The fraction of sp³-hybridized carbons (Fsp3) is 0.745. The number of hydrogen-bond donors (Lipinski definition) is 14. The van der Waals surface area contributed by atoms with Crippen LogP contribution in [0.1, 0.15) is 140 Å². The van der Waals surface area contributed by atoms with Gasteiger partial charge in [-0.2, -0.15) is 0 Å². The minimum atomic E-state index is -1.69. The first kappa shape index (κ1) is 70.0. The predicted molar refractivity (Wildman–Crippen MR) is 285 cm³/mol. The van der Waals surface area contributed by atoms with Crippen molar-refractivity contribution in [3.8, 4) is 0 Å². The molecule has 0 aromatic heterocycles. The maximum Gasteiger partial charge on any atom is 0.326 e. The number of nitrogens with one attached hydrogen (secondary N) is 8. The Kier molecular flexibility index (Phi) is 30.3. The summed E-state index contributed by atoms with van der Waals surface area (Å²) in [5.41, 5.74) is 16.3. The molecule has 79 heavy (non-hydrogen) atoms. The second-order valence-corrected chi connectivity index (χ2v) is 21.5. The summed E-state index contributed by atoms with van der Waals surface area (Å²) in [6, 6.07) is -13.9. The highest BCUT2D eigenvalue weighted by atomic mass is 16.4. The zero-order chi connectivity index (χ0) is 60.6. The highest BCUT2D eigenvalue weighted by molar-refractivity contribution is 5.99. The largest absolute Gasteiger partial charge is 0.481 e. The van der Waals surface area contributed by atoms with Crippen LogP contribution in [0.3, 0.4) is 0 Å². The number of hydrogen-bond acceptors (Lipinski definition) is 15. The smallest absolute Gasteiger partial charge is 0.326 e. The van der Waals surface area contributed by atoms with E-state index >= 15 is 0 Å². The number of nitrogens with two attached hydrogens (primary N) is 3. The lowest BCUT2D eigenvalue weighted by Crippen LogP contribution is -2.62. The minimum Gasteiger partial charge on any atom is -0.481 e. The van der Waals surface area contributed by atoms with Gasteiger partial charge in [-0.3, -0.25) is 57.5 Å². The molecule has 1 aliphatic rings. The zero-order valence-electron chi connectivity index (χ0n) is 47.2. The van der Waals surface area contributed by atoms with Crippen LogP contribution in [0.5, 0.6) is 0 Å². The molecule has 1 rings (SSSR count). The van der Waals surface area contributed by atoms with E-state index in [0.29, 0.717) is 19.3 Å². The van der Waals surface area contributed by atoms with E-state index in [9.17, 15) is 77.6 Å². The molecule has 17 N–H and O–H groups in total. The van der Waals surface area contributed by atoms with Crippen LogP contribution in [-0.4, -0.2) is 171 Å². The number of carboxylic acids is 2. The number of primary amides is 2. The summed E-state index contributed by atoms with van der Waals surface area (Å²) >= 11 is 0. The summed E-state index contributed by atoms with van der Waals surface area (Å²) in [5.74, 6) is -14.4. The SMILES string of the molecule is CC[C@H](C)[C@H](NC(=O)[C@H](CO)NC(=O)[C@H](CC(C)C)NC(=O)[C@@H](NC(=O)[C@@H]1CCCN1C(=O)[C@H](CCC(=O)O)NC(=O)[C@@H](NC(=O)[C@@H](N)CCC(N)=O)[C@@H](C)CC)C(C)C)C(=O)N[C@@H](CC(C)C)C(=O)N[C@@H](CC(N)=O)C(=O)O. The summed E-state index contributed by atoms with van der Waals surface area (Å²) in [7, 11) is 0. The normalized spacial score (nSPS) is 17.5. The molecule has 12 atom stereocenters. The molecule has 1 heterocycles. The van der Waals surface area contributed by atoms with Crippen LogP contribution in [-0.2, 0) is 62.3 Å². The van der Waals surface area contributed by atoms with Crippen molar-refractivity contribution < 1.29 is 77.6 Å². The third kappa shape index (κ3) is 23.9. The second kappa shape index (κ2) is 34.1. The average molecular weight is 1130 g/mol. The zero-order valence-corrected chi connectivity index (χ0v) is 47.2. The van der Waals surface area contributed by atoms with E-state index in [1.54, 1.807) is 69.2 Å². The van der Waals surface area contributed by atoms with Gasteiger partial charge >= 0.3 is 11.9 Å². The van der Waals surface area contributed by atoms with Gasteiger partial charge in [0.15, 0.2) is 0 Å². The first-order valence-corrected chi connectivity index (χ1v) is 26.9. The van der Waals surface area contributed by atoms with Crippen molar-refractivity contribution in [2.45, 2.75) is 200 Å². The molecular weight excluding hydrogens is 1040 g/mol. The molecule has 0 spiro atoms. The van der Waals surface area contributed by atoms with Crippen molar-refractivity contribution >= 4 is 76.9 Å². The Hall–Kier alpha value is -6.97. The Labute approximate surface area is 461 Å². The van der Waals surface area contributed by atoms with Gasteiger partial charge in [0.25, 0.3) is 0 Å². The molecule has 11 amide bonds. The van der Waals surface area contributed by atoms with Crippen LogP contribution < -0.4 is 59.7 Å². The molecule has 28 heteroatoms. The summed E-state index contributed by atoms with van der Waals surface area (Å²) in [6.07, 6.45) is -0.866. The molecule has 0 bridgehead atoms. The number of amides is 11. The number of carbonyl (C=O) groups excluding carboxylic acids is 11. The number of likely N-dealkylation sites (tertiary alicyclic amines) is 1. The molecule has 0 unspecified atom stereocenters. The van der Waals surface area contributed by atoms with Crippen LogP contribution in [0.2, 0.25) is 0 Å². The fourth-order valence-electron chi connectivity index (χ4n) is 8.49. The molecule has 0 aliphatic carbocycles. The second-order valence-electron chi connectivity index (χ2n) is 21.5. The molecule has 448 valence electrons. The summed E-state index contributed by atoms with van der Waals surface area (Å²) in [5, 5.41) is 49.6. The Bertz CT molecular complexity index is 2160. The lowest BCUT2D eigenvalue weighted by Gasteiger charge is -2.32. The van der Waals surface area contributed by atoms with E-state index < -0.39 is 181 Å². The number of nitrogens with zero attached hydrogens (tertiary/aromatic N) is 1. The van der Waals surface area contributed by atoms with Gasteiger partial charge in [-0.1, -0.05) is 82.1 Å². The van der Waals surface area contributed by atoms with Gasteiger partial charge in [-0.25, -0.2) is 4.79 Å². The average Bonchev–Trinajstić information content (AvgIpc) is 3.87. The minimum absolute atomic E-state index is 0.00644. The van der Waals surface area contributed by atoms with Crippen LogP contribution >= 0.6 is 0 Å². The Balaban J connectivity index is 3.37. The van der Waals surface area contributed by atoms with Gasteiger partial charge in [-0.05, 0) is 68.1 Å². The van der Waals surface area contributed by atoms with Crippen LogP contribution in [0.25, 0.3) is 0 Å². The van der Waals surface area contributed by atoms with Crippen molar-refractivity contribution in [2.24, 2.45) is 46.8 Å². The molecule has 1 saturated heterocycles. The van der Waals surface area contributed by atoms with Gasteiger partial charge in [0, 0.05) is 19.4 Å². The Morgan fingerprint density at radius 1 is 0.532 bits per heavy atom. The van der Waals surface area contributed by atoms with Gasteiger partial charge in [0.05, 0.1) is 19.1 Å². The number of aliphatic hydroxyl groups is 1. The molecule has 0 aromatic rings. The maximum atomic E-state index is 14.3. The van der Waals surface area contributed by atoms with E-state index in [1.165, 1.54) is 4.90 Å². The lowest BCUT2D eigenvalue weighted by molar-refractivity contribution is -0.144. The van der Waals surface area contributed by atoms with Crippen molar-refractivity contribution in [3.63, 3.8) is 0 Å². The van der Waals surface area contributed by atoms with Crippen LogP contribution in [0, 0.1) is 29.6 Å². The number of aliphatic hydroxyl groups excluding tert-OH is 1. The predicted octanol–water partition coefficient (Wildman–Crippen LogP) is -2.89. The van der Waals surface area contributed by atoms with Gasteiger partial charge in [0.1, 0.15) is 54.4 Å². The standard InChI is InChI=1S/C51H88N12O16/c1-11-27(9)40(61-42(69)29(52)15-17-36(53)65)48(75)55-30(16-18-38(67)68)50(77)63-19-13-14-35(63)46(73)60-39(26(7)8)47(74)56-32(21-25(5)6)44(71)59-34(23-64)45(72)62-41(28(10)12-2)49(76)57-31(20-24(3)4)43(70)58-33(51(78)79)22-37(54)66/h24-35,39-41,64H,11-23,52H2,1-10H3,(H2,53,65)(H2,54,66)(H,55,75)(H,56,74)(H,57,76)(H,58,70)(H,59,71)(H,60,73)(H,61,69)(H,62,72)(H,67,68)(H,78,79)/t27-,28-,29-,30-,31-,32-,33-,34-,35-,39-,40-,41-/m0/s1. The summed E-state index contributed by atoms with van der Waals surface area (Å²) in [6.45, 7) is 16.0. The van der Waals surface area contributed by atoms with E-state index in [-0.39, 0.29) is 50.5 Å². The number of aliphatic carboxylic acids is 2. The third-order valence-electron chi connectivity index (χ3n) is 13.5. The highest BCUT2D eigenvalue weighted by Crippen LogP contribution is 2.22. The highest BCUT2D eigenvalue weighted by Gasteiger charge is 2.42. The van der Waals surface area contributed by atoms with Gasteiger partial charge in [0.2, 0.25) is 65.0 Å². The first-order valence-electron chi connectivity index (χ1n) is 26.9. The summed E-state index contributed by atoms with van der Waals surface area (Å²) in [4.78, 5) is 172. The lowest BCUT2D eigenvalue weighted by atomic mass is 9.96. The Morgan fingerprint density at radius 2 is 0.975 bits per heavy atom. The number of carbonyl (C=O) groups is 13. The van der Waals surface area contributed by atoms with E-state index in [0.717, 1.165) is 0 Å². The van der Waals surface area contributed by atoms with E-state index in [4.69, 9.17) is 17.2 Å². The molecule has 0 radical (unpaired) electrons. The van der Waals surface area contributed by atoms with Crippen molar-refractivity contribution in [1.29, 1.82) is 0 Å². The monoisotopic (exact) mass is 1120 g/mol.